The second-order valence-electron chi connectivity index (χ2n) is 6.89. The van der Waals surface area contributed by atoms with Gasteiger partial charge in [-0.1, -0.05) is 23.9 Å². The Balaban J connectivity index is 1.63. The SMILES string of the molecule is Cn1cnnc1SCC(=O)N1CCC[C@@](CO)(Cc2ccc(F)cc2)C1. The molecule has 0 spiro atoms. The third kappa shape index (κ3) is 4.42. The molecule has 2 aromatic rings. The zero-order valence-corrected chi connectivity index (χ0v) is 15.6. The lowest BCUT2D eigenvalue weighted by Crippen LogP contribution is -2.49. The van der Waals surface area contributed by atoms with Crippen LogP contribution < -0.4 is 0 Å². The molecule has 1 saturated heterocycles. The second-order valence-corrected chi connectivity index (χ2v) is 7.84. The van der Waals surface area contributed by atoms with Crippen molar-refractivity contribution in [1.82, 2.24) is 19.7 Å². The van der Waals surface area contributed by atoms with Crippen molar-refractivity contribution in [1.29, 1.82) is 0 Å². The van der Waals surface area contributed by atoms with Crippen LogP contribution in [-0.4, -0.2) is 56.1 Å². The molecule has 2 heterocycles. The van der Waals surface area contributed by atoms with E-state index in [9.17, 15) is 14.3 Å². The van der Waals surface area contributed by atoms with Crippen LogP contribution in [0.5, 0.6) is 0 Å². The molecule has 6 nitrogen and oxygen atoms in total. The first-order chi connectivity index (χ1) is 12.5. The van der Waals surface area contributed by atoms with Gasteiger partial charge in [0.2, 0.25) is 5.91 Å². The quantitative estimate of drug-likeness (QED) is 0.778. The summed E-state index contributed by atoms with van der Waals surface area (Å²) in [6.07, 6.45) is 3.93. The number of piperidine rings is 1. The number of hydrogen-bond acceptors (Lipinski definition) is 5. The van der Waals surface area contributed by atoms with Gasteiger partial charge in [-0.15, -0.1) is 10.2 Å². The minimum atomic E-state index is -0.374. The summed E-state index contributed by atoms with van der Waals surface area (Å²) in [4.78, 5) is 14.4. The fourth-order valence-electron chi connectivity index (χ4n) is 3.41. The number of benzene rings is 1. The topological polar surface area (TPSA) is 71.2 Å². The number of likely N-dealkylation sites (tertiary alicyclic amines) is 1. The maximum atomic E-state index is 13.1. The van der Waals surface area contributed by atoms with Crippen molar-refractivity contribution in [2.75, 3.05) is 25.4 Å². The van der Waals surface area contributed by atoms with Crippen LogP contribution in [0.3, 0.4) is 0 Å². The van der Waals surface area contributed by atoms with Gasteiger partial charge in [-0.3, -0.25) is 4.79 Å². The van der Waals surface area contributed by atoms with E-state index in [1.165, 1.54) is 23.9 Å². The zero-order valence-electron chi connectivity index (χ0n) is 14.8. The number of hydrogen-bond donors (Lipinski definition) is 1. The molecule has 0 saturated carbocycles. The van der Waals surface area contributed by atoms with Crippen molar-refractivity contribution >= 4 is 17.7 Å². The number of aromatic nitrogens is 3. The molecule has 1 aromatic carbocycles. The Labute approximate surface area is 156 Å². The monoisotopic (exact) mass is 378 g/mol. The molecule has 26 heavy (non-hydrogen) atoms. The van der Waals surface area contributed by atoms with Gasteiger partial charge in [-0.05, 0) is 37.0 Å². The number of amides is 1. The molecule has 1 fully saturated rings. The van der Waals surface area contributed by atoms with Crippen LogP contribution in [0.4, 0.5) is 4.39 Å². The van der Waals surface area contributed by atoms with E-state index < -0.39 is 0 Å². The molecule has 8 heteroatoms. The van der Waals surface area contributed by atoms with E-state index in [-0.39, 0.29) is 23.7 Å². The molecular formula is C18H23FN4O2S. The van der Waals surface area contributed by atoms with E-state index in [1.807, 2.05) is 11.9 Å². The number of thioether (sulfide) groups is 1. The molecule has 3 rings (SSSR count). The van der Waals surface area contributed by atoms with Gasteiger partial charge in [-0.2, -0.15) is 0 Å². The maximum absolute atomic E-state index is 13.1. The smallest absolute Gasteiger partial charge is 0.233 e. The number of aryl methyl sites for hydroxylation is 1. The minimum Gasteiger partial charge on any atom is -0.396 e. The first kappa shape index (κ1) is 18.8. The van der Waals surface area contributed by atoms with Gasteiger partial charge in [-0.25, -0.2) is 4.39 Å². The molecule has 1 aromatic heterocycles. The molecule has 0 unspecified atom stereocenters. The highest BCUT2D eigenvalue weighted by Crippen LogP contribution is 2.34. The van der Waals surface area contributed by atoms with Crippen molar-refractivity contribution in [3.8, 4) is 0 Å². The van der Waals surface area contributed by atoms with Crippen LogP contribution in [0.2, 0.25) is 0 Å². The summed E-state index contributed by atoms with van der Waals surface area (Å²) < 4.78 is 14.9. The van der Waals surface area contributed by atoms with Gasteiger partial charge in [0.15, 0.2) is 5.16 Å². The summed E-state index contributed by atoms with van der Waals surface area (Å²) in [5.74, 6) is 0.0626. The lowest BCUT2D eigenvalue weighted by atomic mass is 9.75. The first-order valence-electron chi connectivity index (χ1n) is 8.61. The summed E-state index contributed by atoms with van der Waals surface area (Å²) in [5.41, 5.74) is 0.601. The van der Waals surface area contributed by atoms with Crippen LogP contribution in [0.15, 0.2) is 35.7 Å². The molecule has 1 atom stereocenters. The van der Waals surface area contributed by atoms with E-state index >= 15 is 0 Å². The summed E-state index contributed by atoms with van der Waals surface area (Å²) in [5, 5.41) is 18.5. The summed E-state index contributed by atoms with van der Waals surface area (Å²) in [6.45, 7) is 1.22. The molecule has 140 valence electrons. The summed E-state index contributed by atoms with van der Waals surface area (Å²) >= 11 is 1.36. The lowest BCUT2D eigenvalue weighted by Gasteiger charge is -2.42. The van der Waals surface area contributed by atoms with Gasteiger partial charge in [0, 0.05) is 25.6 Å². The molecule has 0 aliphatic carbocycles. The van der Waals surface area contributed by atoms with E-state index in [0.717, 1.165) is 18.4 Å². The largest absolute Gasteiger partial charge is 0.396 e. The summed E-state index contributed by atoms with van der Waals surface area (Å²) in [7, 11) is 1.84. The maximum Gasteiger partial charge on any atom is 0.233 e. The predicted octanol–water partition coefficient (Wildman–Crippen LogP) is 1.89. The van der Waals surface area contributed by atoms with Crippen molar-refractivity contribution in [2.45, 2.75) is 24.4 Å². The molecule has 1 N–H and O–H groups in total. The average molecular weight is 378 g/mol. The summed E-state index contributed by atoms with van der Waals surface area (Å²) in [6, 6.07) is 6.36. The van der Waals surface area contributed by atoms with E-state index in [4.69, 9.17) is 0 Å². The Bertz CT molecular complexity index is 752. The van der Waals surface area contributed by atoms with Crippen LogP contribution in [0.25, 0.3) is 0 Å². The lowest BCUT2D eigenvalue weighted by molar-refractivity contribution is -0.132. The standard InChI is InChI=1S/C18H23FN4O2S/c1-22-13-20-21-17(22)26-10-16(25)23-8-2-7-18(11-23,12-24)9-14-3-5-15(19)6-4-14/h3-6,13,24H,2,7-12H2,1H3/t18-/m1/s1. The number of carbonyl (C=O) groups excluding carboxylic acids is 1. The van der Waals surface area contributed by atoms with E-state index in [0.29, 0.717) is 30.4 Å². The Kier molecular flexibility index (Phi) is 5.93. The van der Waals surface area contributed by atoms with Gasteiger partial charge in [0.1, 0.15) is 12.1 Å². The van der Waals surface area contributed by atoms with Crippen LogP contribution in [0, 0.1) is 11.2 Å². The number of rotatable bonds is 6. The fraction of sp³-hybridized carbons (Fsp3) is 0.500. The number of aliphatic hydroxyl groups excluding tert-OH is 1. The van der Waals surface area contributed by atoms with Crippen LogP contribution in [0.1, 0.15) is 18.4 Å². The van der Waals surface area contributed by atoms with Gasteiger partial charge < -0.3 is 14.6 Å². The van der Waals surface area contributed by atoms with Crippen LogP contribution in [-0.2, 0) is 18.3 Å². The van der Waals surface area contributed by atoms with Crippen molar-refractivity contribution < 1.29 is 14.3 Å². The number of nitrogens with zero attached hydrogens (tertiary/aromatic N) is 4. The highest BCUT2D eigenvalue weighted by Gasteiger charge is 2.36. The Morgan fingerprint density at radius 3 is 2.81 bits per heavy atom. The predicted molar refractivity (Wildman–Crippen MR) is 97.2 cm³/mol. The molecule has 1 aliphatic heterocycles. The van der Waals surface area contributed by atoms with E-state index in [1.54, 1.807) is 23.0 Å². The van der Waals surface area contributed by atoms with Gasteiger partial charge in [0.25, 0.3) is 0 Å². The fourth-order valence-corrected chi connectivity index (χ4v) is 4.20. The second kappa shape index (κ2) is 8.18. The molecular weight excluding hydrogens is 355 g/mol. The zero-order chi connectivity index (χ0) is 18.6. The average Bonchev–Trinajstić information content (AvgIpc) is 3.07. The number of aliphatic hydroxyl groups is 1. The Hall–Kier alpha value is -1.93. The Morgan fingerprint density at radius 2 is 2.15 bits per heavy atom. The molecule has 1 aliphatic rings. The first-order valence-corrected chi connectivity index (χ1v) is 9.60. The van der Waals surface area contributed by atoms with Crippen molar-refractivity contribution in [2.24, 2.45) is 12.5 Å². The molecule has 0 bridgehead atoms. The van der Waals surface area contributed by atoms with Crippen molar-refractivity contribution in [3.05, 3.63) is 42.0 Å². The van der Waals surface area contributed by atoms with Gasteiger partial charge >= 0.3 is 0 Å². The minimum absolute atomic E-state index is 0.00455. The third-order valence-electron chi connectivity index (χ3n) is 4.84. The number of carbonyl (C=O) groups is 1. The highest BCUT2D eigenvalue weighted by molar-refractivity contribution is 7.99. The van der Waals surface area contributed by atoms with Gasteiger partial charge in [0.05, 0.1) is 12.4 Å². The highest BCUT2D eigenvalue weighted by atomic mass is 32.2. The number of halogens is 1. The molecule has 1 amide bonds. The third-order valence-corrected chi connectivity index (χ3v) is 5.86. The van der Waals surface area contributed by atoms with Crippen molar-refractivity contribution in [3.63, 3.8) is 0 Å². The normalized spacial score (nSPS) is 20.3. The van der Waals surface area contributed by atoms with Crippen LogP contribution >= 0.6 is 11.8 Å². The molecule has 0 radical (unpaired) electrons. The van der Waals surface area contributed by atoms with E-state index in [2.05, 4.69) is 10.2 Å². The Morgan fingerprint density at radius 1 is 1.38 bits per heavy atom.